The van der Waals surface area contributed by atoms with Crippen molar-refractivity contribution in [2.75, 3.05) is 5.32 Å². The summed E-state index contributed by atoms with van der Waals surface area (Å²) in [5.41, 5.74) is 3.41. The summed E-state index contributed by atoms with van der Waals surface area (Å²) in [7, 11) is 0. The van der Waals surface area contributed by atoms with E-state index in [4.69, 9.17) is 16.6 Å². The van der Waals surface area contributed by atoms with E-state index in [0.717, 1.165) is 5.69 Å². The number of furan rings is 1. The summed E-state index contributed by atoms with van der Waals surface area (Å²) in [6.45, 7) is 0. The fraction of sp³-hybridized carbons (Fsp3) is 0. The lowest BCUT2D eigenvalue weighted by atomic mass is 10.3. The summed E-state index contributed by atoms with van der Waals surface area (Å²) in [5, 5.41) is 17.5. The minimum atomic E-state index is -0.619. The molecule has 2 aromatic rings. The molecule has 1 heterocycles. The second-order valence-corrected chi connectivity index (χ2v) is 4.03. The van der Waals surface area contributed by atoms with Gasteiger partial charge in [0.15, 0.2) is 10.9 Å². The van der Waals surface area contributed by atoms with E-state index in [1.54, 1.807) is 0 Å². The smallest absolute Gasteiger partial charge is 0.400 e. The van der Waals surface area contributed by atoms with Crippen LogP contribution in [0.5, 0.6) is 0 Å². The van der Waals surface area contributed by atoms with Crippen LogP contribution in [-0.4, -0.2) is 16.3 Å². The Bertz CT molecular complexity index is 639. The number of nitrogens with zero attached hydrogens (tertiary/aromatic N) is 2. The standard InChI is InChI=1S/C12H10N4O3S/c17-16(18)11-7-6-10(19-11)8-13-15-12(20)14-9-4-2-1-3-5-9/h1-8H,(H2,14,15,20). The molecule has 102 valence electrons. The molecule has 0 spiro atoms. The first kappa shape index (κ1) is 13.7. The highest BCUT2D eigenvalue weighted by molar-refractivity contribution is 7.80. The third-order valence-corrected chi connectivity index (χ3v) is 2.38. The number of benzene rings is 1. The SMILES string of the molecule is O=[N+]([O-])c1ccc(C=NNC(=S)Nc2ccccc2)o1. The number of nitrogens with one attached hydrogen (secondary N) is 2. The highest BCUT2D eigenvalue weighted by atomic mass is 32.1. The van der Waals surface area contributed by atoms with Crippen molar-refractivity contribution in [3.8, 4) is 0 Å². The topological polar surface area (TPSA) is 92.7 Å². The first-order chi connectivity index (χ1) is 9.65. The van der Waals surface area contributed by atoms with Crippen LogP contribution in [0.25, 0.3) is 0 Å². The zero-order valence-electron chi connectivity index (χ0n) is 10.1. The van der Waals surface area contributed by atoms with Crippen molar-refractivity contribution in [3.05, 3.63) is 58.3 Å². The second kappa shape index (κ2) is 6.43. The van der Waals surface area contributed by atoms with Gasteiger partial charge in [0.25, 0.3) is 0 Å². The number of hydrogen-bond donors (Lipinski definition) is 2. The lowest BCUT2D eigenvalue weighted by molar-refractivity contribution is -0.402. The average molecular weight is 290 g/mol. The molecule has 0 bridgehead atoms. The minimum absolute atomic E-state index is 0.256. The Morgan fingerprint density at radius 2 is 2.05 bits per heavy atom. The van der Waals surface area contributed by atoms with Crippen LogP contribution >= 0.6 is 12.2 Å². The molecule has 0 saturated heterocycles. The third-order valence-electron chi connectivity index (χ3n) is 2.18. The van der Waals surface area contributed by atoms with Gasteiger partial charge in [-0.25, -0.2) is 0 Å². The van der Waals surface area contributed by atoms with Crippen LogP contribution in [0.4, 0.5) is 11.6 Å². The molecule has 20 heavy (non-hydrogen) atoms. The van der Waals surface area contributed by atoms with Gasteiger partial charge in [0.2, 0.25) is 0 Å². The maximum Gasteiger partial charge on any atom is 0.433 e. The largest absolute Gasteiger partial charge is 0.433 e. The van der Waals surface area contributed by atoms with Gasteiger partial charge < -0.3 is 9.73 Å². The van der Waals surface area contributed by atoms with E-state index >= 15 is 0 Å². The zero-order valence-corrected chi connectivity index (χ0v) is 11.0. The van der Waals surface area contributed by atoms with Gasteiger partial charge in [0.1, 0.15) is 4.92 Å². The maximum absolute atomic E-state index is 10.4. The molecule has 0 unspecified atom stereocenters. The number of para-hydroxylation sites is 1. The summed E-state index contributed by atoms with van der Waals surface area (Å²) in [6, 6.07) is 12.0. The summed E-state index contributed by atoms with van der Waals surface area (Å²) < 4.78 is 4.89. The molecule has 0 aliphatic rings. The first-order valence-electron chi connectivity index (χ1n) is 5.54. The Hall–Kier alpha value is -2.74. The van der Waals surface area contributed by atoms with E-state index in [9.17, 15) is 10.1 Å². The Balaban J connectivity index is 1.86. The number of hydrogen-bond acceptors (Lipinski definition) is 5. The van der Waals surface area contributed by atoms with Gasteiger partial charge in [-0.05, 0) is 30.4 Å². The van der Waals surface area contributed by atoms with Crippen LogP contribution in [-0.2, 0) is 0 Å². The van der Waals surface area contributed by atoms with E-state index in [2.05, 4.69) is 15.8 Å². The summed E-state index contributed by atoms with van der Waals surface area (Å²) in [4.78, 5) is 9.80. The Labute approximate surface area is 119 Å². The Morgan fingerprint density at radius 1 is 1.30 bits per heavy atom. The molecule has 8 heteroatoms. The Kier molecular flexibility index (Phi) is 4.40. The van der Waals surface area contributed by atoms with Gasteiger partial charge in [-0.15, -0.1) is 0 Å². The summed E-state index contributed by atoms with van der Waals surface area (Å²) in [6.07, 6.45) is 1.30. The van der Waals surface area contributed by atoms with Crippen molar-refractivity contribution in [2.45, 2.75) is 0 Å². The lowest BCUT2D eigenvalue weighted by Crippen LogP contribution is -2.23. The molecule has 0 aliphatic heterocycles. The molecule has 1 aromatic carbocycles. The molecule has 0 atom stereocenters. The monoisotopic (exact) mass is 290 g/mol. The lowest BCUT2D eigenvalue weighted by Gasteiger charge is -2.05. The third kappa shape index (κ3) is 3.89. The van der Waals surface area contributed by atoms with E-state index in [-0.39, 0.29) is 11.6 Å². The first-order valence-corrected chi connectivity index (χ1v) is 5.95. The van der Waals surface area contributed by atoms with Crippen molar-refractivity contribution >= 4 is 35.1 Å². The summed E-state index contributed by atoms with van der Waals surface area (Å²) >= 11 is 5.02. The van der Waals surface area contributed by atoms with Gasteiger partial charge in [-0.1, -0.05) is 18.2 Å². The van der Waals surface area contributed by atoms with Gasteiger partial charge in [0, 0.05) is 5.69 Å². The van der Waals surface area contributed by atoms with E-state index in [1.807, 2.05) is 30.3 Å². The van der Waals surface area contributed by atoms with Crippen LogP contribution in [0.3, 0.4) is 0 Å². The van der Waals surface area contributed by atoms with Crippen molar-refractivity contribution < 1.29 is 9.34 Å². The van der Waals surface area contributed by atoms with Crippen LogP contribution in [0.2, 0.25) is 0 Å². The molecule has 0 amide bonds. The van der Waals surface area contributed by atoms with Crippen LogP contribution in [0.1, 0.15) is 5.76 Å². The molecule has 0 fully saturated rings. The molecule has 7 nitrogen and oxygen atoms in total. The Morgan fingerprint density at radius 3 is 2.70 bits per heavy atom. The normalized spacial score (nSPS) is 10.4. The predicted octanol–water partition coefficient (Wildman–Crippen LogP) is 2.51. The number of hydrazone groups is 1. The molecule has 0 radical (unpaired) electrons. The molecular formula is C12H10N4O3S. The highest BCUT2D eigenvalue weighted by Gasteiger charge is 2.10. The molecule has 0 aliphatic carbocycles. The minimum Gasteiger partial charge on any atom is -0.400 e. The van der Waals surface area contributed by atoms with Crippen molar-refractivity contribution in [1.29, 1.82) is 0 Å². The number of thiocarbonyl (C=S) groups is 1. The molecule has 2 rings (SSSR count). The van der Waals surface area contributed by atoms with Gasteiger partial charge >= 0.3 is 5.88 Å². The van der Waals surface area contributed by atoms with Crippen LogP contribution in [0, 0.1) is 10.1 Å². The molecule has 2 N–H and O–H groups in total. The highest BCUT2D eigenvalue weighted by Crippen LogP contribution is 2.13. The second-order valence-electron chi connectivity index (χ2n) is 3.62. The number of nitro groups is 1. The molecule has 0 saturated carbocycles. The maximum atomic E-state index is 10.4. The number of anilines is 1. The fourth-order valence-corrected chi connectivity index (χ4v) is 1.52. The quantitative estimate of drug-likeness (QED) is 0.389. The van der Waals surface area contributed by atoms with Gasteiger partial charge in [0.05, 0.1) is 12.3 Å². The van der Waals surface area contributed by atoms with E-state index < -0.39 is 4.92 Å². The van der Waals surface area contributed by atoms with Gasteiger partial charge in [-0.3, -0.25) is 15.5 Å². The van der Waals surface area contributed by atoms with Crippen LogP contribution < -0.4 is 10.7 Å². The van der Waals surface area contributed by atoms with E-state index in [1.165, 1.54) is 18.3 Å². The van der Waals surface area contributed by atoms with Crippen molar-refractivity contribution in [1.82, 2.24) is 5.43 Å². The van der Waals surface area contributed by atoms with Crippen molar-refractivity contribution in [2.24, 2.45) is 5.10 Å². The zero-order chi connectivity index (χ0) is 14.4. The average Bonchev–Trinajstić information content (AvgIpc) is 2.89. The molecule has 1 aromatic heterocycles. The predicted molar refractivity (Wildman–Crippen MR) is 78.8 cm³/mol. The molecular weight excluding hydrogens is 280 g/mol. The van der Waals surface area contributed by atoms with Gasteiger partial charge in [-0.2, -0.15) is 5.10 Å². The van der Waals surface area contributed by atoms with Crippen LogP contribution in [0.15, 0.2) is 52.0 Å². The fourth-order valence-electron chi connectivity index (χ4n) is 1.34. The number of rotatable bonds is 4. The van der Waals surface area contributed by atoms with E-state index in [0.29, 0.717) is 5.11 Å². The van der Waals surface area contributed by atoms with Crippen molar-refractivity contribution in [3.63, 3.8) is 0 Å². The summed E-state index contributed by atoms with van der Waals surface area (Å²) in [5.74, 6) is -0.0804.